The molecule has 3 N–H and O–H groups in total. The first kappa shape index (κ1) is 43.3. The third kappa shape index (κ3) is 9.69. The number of hydrogen-bond donors (Lipinski definition) is 3. The number of carbonyl (C=O) groups excluding carboxylic acids is 4. The number of imide groups is 1. The third-order valence-electron chi connectivity index (χ3n) is 11.8. The molecule has 0 radical (unpaired) electrons. The summed E-state index contributed by atoms with van der Waals surface area (Å²) in [5.74, 6) is -3.76. The average molecular weight is 890 g/mol. The zero-order valence-electron chi connectivity index (χ0n) is 33.5. The number of urea groups is 1. The summed E-state index contributed by atoms with van der Waals surface area (Å²) in [5.41, 5.74) is -1.12. The van der Waals surface area contributed by atoms with Crippen LogP contribution in [0, 0.1) is 17.6 Å². The molecule has 4 aliphatic rings. The van der Waals surface area contributed by atoms with E-state index in [1.807, 2.05) is 4.90 Å². The highest BCUT2D eigenvalue weighted by Crippen LogP contribution is 2.36. The largest absolute Gasteiger partial charge is 0.405 e. The third-order valence-corrected chi connectivity index (χ3v) is 11.8. The normalized spacial score (nSPS) is 21.3. The highest BCUT2D eigenvalue weighted by Gasteiger charge is 2.37. The lowest BCUT2D eigenvalue weighted by Crippen LogP contribution is -2.53. The van der Waals surface area contributed by atoms with Crippen molar-refractivity contribution in [3.63, 3.8) is 0 Å². The van der Waals surface area contributed by atoms with Crippen LogP contribution >= 0.6 is 0 Å². The van der Waals surface area contributed by atoms with Crippen molar-refractivity contribution in [1.82, 2.24) is 44.9 Å². The predicted molar refractivity (Wildman–Crippen MR) is 210 cm³/mol. The van der Waals surface area contributed by atoms with Gasteiger partial charge in [-0.25, -0.2) is 27.3 Å². The van der Waals surface area contributed by atoms with E-state index in [0.29, 0.717) is 52.0 Å². The minimum absolute atomic E-state index is 0.0303. The van der Waals surface area contributed by atoms with Gasteiger partial charge in [-0.3, -0.25) is 34.2 Å². The molecule has 4 aromatic rings. The second-order valence-corrected chi connectivity index (χ2v) is 15.8. The molecule has 4 fully saturated rings. The van der Waals surface area contributed by atoms with E-state index in [0.717, 1.165) is 40.9 Å². The van der Waals surface area contributed by atoms with Gasteiger partial charge < -0.3 is 20.4 Å². The summed E-state index contributed by atoms with van der Waals surface area (Å²) >= 11 is 0. The highest BCUT2D eigenvalue weighted by atomic mass is 19.4. The van der Waals surface area contributed by atoms with Gasteiger partial charge in [-0.05, 0) is 50.3 Å². The van der Waals surface area contributed by atoms with Gasteiger partial charge in [-0.2, -0.15) is 28.2 Å². The number of carbonyl (C=O) groups is 4. The molecule has 1 aliphatic carbocycles. The molecule has 3 aromatic heterocycles. The Bertz CT molecular complexity index is 2340. The number of benzene rings is 1. The second kappa shape index (κ2) is 17.8. The first-order chi connectivity index (χ1) is 30.1. The van der Waals surface area contributed by atoms with Crippen LogP contribution in [0.25, 0.3) is 5.69 Å². The molecule has 1 saturated carbocycles. The Hall–Kier alpha value is -6.33. The second-order valence-electron chi connectivity index (χ2n) is 15.8. The van der Waals surface area contributed by atoms with Crippen LogP contribution in [0.2, 0.25) is 0 Å². The molecule has 336 valence electrons. The molecule has 5 amide bonds. The molecule has 24 heteroatoms. The maximum atomic E-state index is 15.2. The van der Waals surface area contributed by atoms with E-state index >= 15 is 8.78 Å². The van der Waals surface area contributed by atoms with E-state index in [2.05, 4.69) is 41.1 Å². The van der Waals surface area contributed by atoms with E-state index in [4.69, 9.17) is 0 Å². The molecular formula is C39H42F7N13O4. The molecule has 3 saturated heterocycles. The fourth-order valence-electron chi connectivity index (χ4n) is 8.58. The maximum Gasteiger partial charge on any atom is 0.405 e. The van der Waals surface area contributed by atoms with Crippen molar-refractivity contribution in [3.8, 4) is 5.69 Å². The van der Waals surface area contributed by atoms with Crippen LogP contribution in [-0.4, -0.2) is 128 Å². The van der Waals surface area contributed by atoms with Crippen molar-refractivity contribution in [2.24, 2.45) is 5.92 Å². The van der Waals surface area contributed by atoms with Crippen LogP contribution in [0.4, 0.5) is 58.4 Å². The minimum atomic E-state index is -4.47. The zero-order valence-corrected chi connectivity index (χ0v) is 33.5. The number of anilines is 4. The molecule has 1 aromatic carbocycles. The molecule has 0 unspecified atom stereocenters. The first-order valence-electron chi connectivity index (χ1n) is 20.4. The monoisotopic (exact) mass is 889 g/mol. The zero-order chi connectivity index (χ0) is 44.6. The Kier molecular flexibility index (Phi) is 12.2. The Morgan fingerprint density at radius 2 is 1.60 bits per heavy atom. The number of piperazine rings is 1. The number of aromatic nitrogens is 6. The number of nitrogens with one attached hydrogen (secondary N) is 3. The average Bonchev–Trinajstić information content (AvgIpc) is 4.05. The Balaban J connectivity index is 0.810. The van der Waals surface area contributed by atoms with E-state index in [1.165, 1.54) is 29.2 Å². The fraction of sp³-hybridized carbons (Fsp3) is 0.487. The van der Waals surface area contributed by atoms with Crippen LogP contribution in [0.3, 0.4) is 0 Å². The summed E-state index contributed by atoms with van der Waals surface area (Å²) in [7, 11) is 0. The molecule has 1 atom stereocenters. The molecule has 0 bridgehead atoms. The number of rotatable bonds is 11. The van der Waals surface area contributed by atoms with Gasteiger partial charge >= 0.3 is 12.2 Å². The molecule has 8 rings (SSSR count). The van der Waals surface area contributed by atoms with E-state index in [9.17, 15) is 41.1 Å². The van der Waals surface area contributed by atoms with Crippen molar-refractivity contribution in [1.29, 1.82) is 0 Å². The van der Waals surface area contributed by atoms with Gasteiger partial charge in [0.25, 0.3) is 12.3 Å². The molecule has 6 heterocycles. The SMILES string of the molecule is O=C1CCN(c2c(F)cc(N3CC[C@@H](C(=O)N4CCN(C5CCC(n6cc(NC(=O)c7cnn(-c8ccnc(NCC(F)(F)F)c8)n7)c(C(F)F)n6)CC5)CC4)C3)cc2F)C(=O)N1. The van der Waals surface area contributed by atoms with Crippen LogP contribution in [-0.2, 0) is 9.59 Å². The van der Waals surface area contributed by atoms with Crippen molar-refractivity contribution in [2.45, 2.75) is 63.2 Å². The molecule has 63 heavy (non-hydrogen) atoms. The minimum Gasteiger partial charge on any atom is -0.371 e. The summed E-state index contributed by atoms with van der Waals surface area (Å²) in [5, 5.41) is 18.8. The summed E-state index contributed by atoms with van der Waals surface area (Å²) in [6.07, 6.45) is -0.599. The molecule has 0 spiro atoms. The van der Waals surface area contributed by atoms with E-state index in [1.54, 1.807) is 4.90 Å². The number of alkyl halides is 5. The Morgan fingerprint density at radius 1 is 0.889 bits per heavy atom. The van der Waals surface area contributed by atoms with Gasteiger partial charge in [0.2, 0.25) is 11.8 Å². The lowest BCUT2D eigenvalue weighted by molar-refractivity contribution is -0.137. The standard InChI is InChI=1S/C39H42F7N13O4/c40-27-15-26(16-28(41)34(27)57-10-7-32(60)51-38(57)63)56-9-6-22(19-56)37(62)55-13-11-54(12-14-55)23-1-3-24(4-2-23)58-20-30(33(53-58)35(42)43)50-36(61)29-18-49-59(52-29)25-5-8-47-31(17-25)48-21-39(44,45)46/h5,8,15-18,20,22-24,35H,1-4,6-7,9-14,19,21H2,(H,47,48)(H,50,61)(H,51,60,63)/t22-,23?,24?/m1/s1. The predicted octanol–water partition coefficient (Wildman–Crippen LogP) is 4.90. The van der Waals surface area contributed by atoms with Crippen LogP contribution < -0.4 is 25.8 Å². The fourth-order valence-corrected chi connectivity index (χ4v) is 8.58. The quantitative estimate of drug-likeness (QED) is 0.175. The molecule has 3 aliphatic heterocycles. The number of amides is 5. The molecular weight excluding hydrogens is 848 g/mol. The first-order valence-corrected chi connectivity index (χ1v) is 20.4. The van der Waals surface area contributed by atoms with E-state index < -0.39 is 60.0 Å². The van der Waals surface area contributed by atoms with Crippen molar-refractivity contribution in [2.75, 3.05) is 72.8 Å². The van der Waals surface area contributed by atoms with E-state index in [-0.39, 0.29) is 72.0 Å². The number of pyridine rings is 1. The topological polar surface area (TPSA) is 179 Å². The maximum absolute atomic E-state index is 15.2. The van der Waals surface area contributed by atoms with Gasteiger partial charge in [0.1, 0.15) is 18.1 Å². The summed E-state index contributed by atoms with van der Waals surface area (Å²) in [6.45, 7) is 1.51. The van der Waals surface area contributed by atoms with Gasteiger partial charge in [0.15, 0.2) is 23.0 Å². The smallest absolute Gasteiger partial charge is 0.371 e. The van der Waals surface area contributed by atoms with Crippen molar-refractivity contribution >= 4 is 46.6 Å². The lowest BCUT2D eigenvalue weighted by Gasteiger charge is -2.42. The van der Waals surface area contributed by atoms with Crippen molar-refractivity contribution < 1.29 is 49.9 Å². The summed E-state index contributed by atoms with van der Waals surface area (Å²) < 4.78 is 97.9. The number of halogens is 7. The van der Waals surface area contributed by atoms with Gasteiger partial charge in [0, 0.05) is 82.4 Å². The van der Waals surface area contributed by atoms with Crippen LogP contribution in [0.1, 0.15) is 67.2 Å². The summed E-state index contributed by atoms with van der Waals surface area (Å²) in [6, 6.07) is 4.03. The highest BCUT2D eigenvalue weighted by molar-refractivity contribution is 6.06. The van der Waals surface area contributed by atoms with Crippen molar-refractivity contribution in [3.05, 3.63) is 65.9 Å². The van der Waals surface area contributed by atoms with Gasteiger partial charge in [-0.1, -0.05) is 0 Å². The van der Waals surface area contributed by atoms with Crippen LogP contribution in [0.5, 0.6) is 0 Å². The Labute approximate surface area is 354 Å². The number of nitrogens with zero attached hydrogens (tertiary/aromatic N) is 10. The van der Waals surface area contributed by atoms with Crippen LogP contribution in [0.15, 0.2) is 42.9 Å². The number of hydrogen-bond acceptors (Lipinski definition) is 11. The molecule has 17 nitrogen and oxygen atoms in total. The lowest BCUT2D eigenvalue weighted by atomic mass is 9.90. The van der Waals surface area contributed by atoms with Gasteiger partial charge in [-0.15, -0.1) is 5.10 Å². The Morgan fingerprint density at radius 3 is 2.29 bits per heavy atom. The van der Waals surface area contributed by atoms with Gasteiger partial charge in [0.05, 0.1) is 29.5 Å². The summed E-state index contributed by atoms with van der Waals surface area (Å²) in [4.78, 5) is 61.9.